The highest BCUT2D eigenvalue weighted by Gasteiger charge is 2.14. The summed E-state index contributed by atoms with van der Waals surface area (Å²) in [7, 11) is 1.67. The second-order valence-electron chi connectivity index (χ2n) is 4.74. The highest BCUT2D eigenvalue weighted by atomic mass is 16.5. The van der Waals surface area contributed by atoms with Crippen LogP contribution in [0.15, 0.2) is 18.2 Å². The third kappa shape index (κ3) is 3.07. The number of hydrogen-bond acceptors (Lipinski definition) is 4. The van der Waals surface area contributed by atoms with Gasteiger partial charge in [0, 0.05) is 37.9 Å². The van der Waals surface area contributed by atoms with Crippen LogP contribution >= 0.6 is 0 Å². The van der Waals surface area contributed by atoms with E-state index in [1.807, 2.05) is 19.9 Å². The van der Waals surface area contributed by atoms with E-state index in [0.29, 0.717) is 0 Å². The number of benzene rings is 1. The van der Waals surface area contributed by atoms with Gasteiger partial charge in [0.2, 0.25) is 0 Å². The number of nitrogens with zero attached hydrogens (tertiary/aromatic N) is 1. The summed E-state index contributed by atoms with van der Waals surface area (Å²) in [6.45, 7) is 8.19. The molecule has 0 amide bonds. The van der Waals surface area contributed by atoms with Crippen molar-refractivity contribution in [3.05, 3.63) is 18.2 Å². The quantitative estimate of drug-likeness (QED) is 0.885. The van der Waals surface area contributed by atoms with Crippen molar-refractivity contribution in [2.75, 3.05) is 38.2 Å². The standard InChI is InChI=1S/C14H22N2O2/c1-11(2)18-14-10-12(4-5-13(14)17-3)16-8-6-15-7-9-16/h4-5,10-11,15H,6-9H2,1-3H3. The van der Waals surface area contributed by atoms with E-state index in [1.165, 1.54) is 5.69 Å². The zero-order valence-electron chi connectivity index (χ0n) is 11.4. The van der Waals surface area contributed by atoms with E-state index >= 15 is 0 Å². The van der Waals surface area contributed by atoms with Crippen LogP contribution < -0.4 is 19.7 Å². The molecule has 2 rings (SSSR count). The van der Waals surface area contributed by atoms with E-state index < -0.39 is 0 Å². The molecule has 0 saturated carbocycles. The second-order valence-corrected chi connectivity index (χ2v) is 4.74. The predicted molar refractivity (Wildman–Crippen MR) is 73.8 cm³/mol. The Hall–Kier alpha value is -1.42. The molecule has 0 spiro atoms. The molecular weight excluding hydrogens is 228 g/mol. The van der Waals surface area contributed by atoms with E-state index in [4.69, 9.17) is 9.47 Å². The van der Waals surface area contributed by atoms with Gasteiger partial charge in [-0.25, -0.2) is 0 Å². The highest BCUT2D eigenvalue weighted by Crippen LogP contribution is 2.32. The molecule has 0 atom stereocenters. The summed E-state index contributed by atoms with van der Waals surface area (Å²) in [6, 6.07) is 6.15. The average Bonchev–Trinajstić information content (AvgIpc) is 2.39. The normalized spacial score (nSPS) is 15.9. The van der Waals surface area contributed by atoms with Crippen molar-refractivity contribution in [1.29, 1.82) is 0 Å². The molecule has 1 saturated heterocycles. The molecule has 1 aromatic carbocycles. The first kappa shape index (κ1) is 13.0. The summed E-state index contributed by atoms with van der Waals surface area (Å²) in [4.78, 5) is 2.36. The first-order chi connectivity index (χ1) is 8.70. The molecule has 1 fully saturated rings. The zero-order valence-corrected chi connectivity index (χ0v) is 11.4. The zero-order chi connectivity index (χ0) is 13.0. The fourth-order valence-corrected chi connectivity index (χ4v) is 2.13. The molecule has 4 heteroatoms. The average molecular weight is 250 g/mol. The van der Waals surface area contributed by atoms with Crippen LogP contribution in [0.3, 0.4) is 0 Å². The number of hydrogen-bond donors (Lipinski definition) is 1. The summed E-state index contributed by atoms with van der Waals surface area (Å²) in [5.74, 6) is 1.62. The monoisotopic (exact) mass is 250 g/mol. The molecule has 1 N–H and O–H groups in total. The smallest absolute Gasteiger partial charge is 0.163 e. The van der Waals surface area contributed by atoms with Crippen LogP contribution in [0.1, 0.15) is 13.8 Å². The lowest BCUT2D eigenvalue weighted by Gasteiger charge is -2.30. The van der Waals surface area contributed by atoms with Crippen LogP contribution in [0.4, 0.5) is 5.69 Å². The maximum Gasteiger partial charge on any atom is 0.163 e. The number of rotatable bonds is 4. The Morgan fingerprint density at radius 2 is 1.89 bits per heavy atom. The van der Waals surface area contributed by atoms with Crippen LogP contribution in [-0.2, 0) is 0 Å². The van der Waals surface area contributed by atoms with Crippen LogP contribution in [0.5, 0.6) is 11.5 Å². The predicted octanol–water partition coefficient (Wildman–Crippen LogP) is 1.89. The number of piperazine rings is 1. The van der Waals surface area contributed by atoms with Crippen molar-refractivity contribution in [2.45, 2.75) is 20.0 Å². The van der Waals surface area contributed by atoms with E-state index in [9.17, 15) is 0 Å². The van der Waals surface area contributed by atoms with Gasteiger partial charge in [0.15, 0.2) is 11.5 Å². The molecule has 4 nitrogen and oxygen atoms in total. The minimum atomic E-state index is 0.150. The van der Waals surface area contributed by atoms with E-state index in [-0.39, 0.29) is 6.10 Å². The Labute approximate surface area is 109 Å². The molecule has 18 heavy (non-hydrogen) atoms. The molecule has 1 aromatic rings. The van der Waals surface area contributed by atoms with Gasteiger partial charge in [-0.2, -0.15) is 0 Å². The lowest BCUT2D eigenvalue weighted by Crippen LogP contribution is -2.43. The summed E-state index contributed by atoms with van der Waals surface area (Å²) in [5.41, 5.74) is 1.20. The van der Waals surface area contributed by atoms with Crippen LogP contribution in [0, 0.1) is 0 Å². The summed E-state index contributed by atoms with van der Waals surface area (Å²) >= 11 is 0. The van der Waals surface area contributed by atoms with Crippen molar-refractivity contribution in [2.24, 2.45) is 0 Å². The maximum atomic E-state index is 5.80. The van der Waals surface area contributed by atoms with Gasteiger partial charge in [-0.1, -0.05) is 0 Å². The van der Waals surface area contributed by atoms with Crippen molar-refractivity contribution in [3.63, 3.8) is 0 Å². The molecule has 100 valence electrons. The SMILES string of the molecule is COc1ccc(N2CCNCC2)cc1OC(C)C. The molecular formula is C14H22N2O2. The van der Waals surface area contributed by atoms with Crippen LogP contribution in [0.25, 0.3) is 0 Å². The lowest BCUT2D eigenvalue weighted by molar-refractivity contribution is 0.230. The highest BCUT2D eigenvalue weighted by molar-refractivity contribution is 5.56. The first-order valence-electron chi connectivity index (χ1n) is 6.51. The molecule has 0 bridgehead atoms. The van der Waals surface area contributed by atoms with Crippen molar-refractivity contribution < 1.29 is 9.47 Å². The lowest BCUT2D eigenvalue weighted by atomic mass is 10.2. The van der Waals surface area contributed by atoms with Gasteiger partial charge >= 0.3 is 0 Å². The summed E-state index contributed by atoms with van der Waals surface area (Å²) in [5, 5.41) is 3.36. The fraction of sp³-hybridized carbons (Fsp3) is 0.571. The third-order valence-electron chi connectivity index (χ3n) is 2.99. The summed E-state index contributed by atoms with van der Waals surface area (Å²) < 4.78 is 11.1. The van der Waals surface area contributed by atoms with Crippen molar-refractivity contribution >= 4 is 5.69 Å². The topological polar surface area (TPSA) is 33.7 Å². The van der Waals surface area contributed by atoms with E-state index in [1.54, 1.807) is 7.11 Å². The first-order valence-corrected chi connectivity index (χ1v) is 6.51. The molecule has 0 aliphatic carbocycles. The largest absolute Gasteiger partial charge is 0.493 e. The Morgan fingerprint density at radius 3 is 2.50 bits per heavy atom. The van der Waals surface area contributed by atoms with Gasteiger partial charge in [-0.05, 0) is 26.0 Å². The van der Waals surface area contributed by atoms with Crippen molar-refractivity contribution in [1.82, 2.24) is 5.32 Å². The third-order valence-corrected chi connectivity index (χ3v) is 2.99. The Morgan fingerprint density at radius 1 is 1.17 bits per heavy atom. The molecule has 1 aliphatic heterocycles. The number of anilines is 1. The van der Waals surface area contributed by atoms with Gasteiger partial charge in [-0.3, -0.25) is 0 Å². The Bertz CT molecular complexity index is 387. The Balaban J connectivity index is 2.20. The van der Waals surface area contributed by atoms with Gasteiger partial charge in [-0.15, -0.1) is 0 Å². The van der Waals surface area contributed by atoms with E-state index in [2.05, 4.69) is 22.3 Å². The Kier molecular flexibility index (Phi) is 4.31. The molecule has 1 heterocycles. The van der Waals surface area contributed by atoms with Gasteiger partial charge < -0.3 is 19.7 Å². The minimum absolute atomic E-state index is 0.150. The van der Waals surface area contributed by atoms with Crippen LogP contribution in [0.2, 0.25) is 0 Å². The molecule has 0 radical (unpaired) electrons. The summed E-state index contributed by atoms with van der Waals surface area (Å²) in [6.07, 6.45) is 0.150. The van der Waals surface area contributed by atoms with E-state index in [0.717, 1.165) is 37.7 Å². The van der Waals surface area contributed by atoms with Crippen LogP contribution in [-0.4, -0.2) is 39.4 Å². The van der Waals surface area contributed by atoms with Gasteiger partial charge in [0.05, 0.1) is 13.2 Å². The molecule has 0 unspecified atom stereocenters. The van der Waals surface area contributed by atoms with Gasteiger partial charge in [0.25, 0.3) is 0 Å². The fourth-order valence-electron chi connectivity index (χ4n) is 2.13. The minimum Gasteiger partial charge on any atom is -0.493 e. The number of methoxy groups -OCH3 is 1. The second kappa shape index (κ2) is 5.96. The van der Waals surface area contributed by atoms with Crippen molar-refractivity contribution in [3.8, 4) is 11.5 Å². The molecule has 1 aliphatic rings. The molecule has 0 aromatic heterocycles. The number of ether oxygens (including phenoxy) is 2. The van der Waals surface area contributed by atoms with Gasteiger partial charge in [0.1, 0.15) is 0 Å². The maximum absolute atomic E-state index is 5.80. The number of nitrogens with one attached hydrogen (secondary N) is 1.